The molecule has 0 fully saturated rings. The smallest absolute Gasteiger partial charge is 0.337 e. The van der Waals surface area contributed by atoms with Gasteiger partial charge in [-0.1, -0.05) is 6.08 Å². The minimum Gasteiger partial charge on any atom is -0.478 e. The molecule has 1 rings (SSSR count). The lowest BCUT2D eigenvalue weighted by Gasteiger charge is -2.21. The third-order valence-corrected chi connectivity index (χ3v) is 2.46. The molecule has 1 aromatic carbocycles. The van der Waals surface area contributed by atoms with Gasteiger partial charge in [-0.05, 0) is 18.2 Å². The van der Waals surface area contributed by atoms with E-state index in [4.69, 9.17) is 10.2 Å². The maximum Gasteiger partial charge on any atom is 0.337 e. The van der Waals surface area contributed by atoms with Crippen LogP contribution in [0.4, 0.5) is 14.9 Å². The van der Waals surface area contributed by atoms with Crippen LogP contribution in [0.15, 0.2) is 30.9 Å². The Labute approximate surface area is 115 Å². The molecule has 2 amide bonds. The molecule has 0 aromatic heterocycles. The number of hydrogen-bond acceptors (Lipinski definition) is 3. The number of carboxylic acid groups (broad SMARTS) is 1. The number of anilines is 1. The van der Waals surface area contributed by atoms with Crippen molar-refractivity contribution in [2.24, 2.45) is 0 Å². The number of carbonyl (C=O) groups excluding carboxylic acids is 1. The highest BCUT2D eigenvalue weighted by atomic mass is 19.1. The van der Waals surface area contributed by atoms with Gasteiger partial charge in [0.05, 0.1) is 17.9 Å². The van der Waals surface area contributed by atoms with E-state index in [0.717, 1.165) is 12.1 Å². The van der Waals surface area contributed by atoms with Crippen LogP contribution in [-0.2, 0) is 0 Å². The molecule has 0 aliphatic rings. The molecule has 7 heteroatoms. The number of aliphatic hydroxyl groups excluding tert-OH is 1. The normalized spacial score (nSPS) is 9.90. The van der Waals surface area contributed by atoms with Gasteiger partial charge >= 0.3 is 12.0 Å². The first kappa shape index (κ1) is 15.6. The predicted octanol–water partition coefficient (Wildman–Crippen LogP) is 1.54. The highest BCUT2D eigenvalue weighted by molar-refractivity contribution is 6.00. The van der Waals surface area contributed by atoms with Gasteiger partial charge in [0.25, 0.3) is 0 Å². The second-order valence-corrected chi connectivity index (χ2v) is 3.88. The molecule has 6 nitrogen and oxygen atoms in total. The summed E-state index contributed by atoms with van der Waals surface area (Å²) in [6.45, 7) is 3.50. The SMILES string of the molecule is C=CCN(CCO)C(=O)Nc1ccc(F)cc1C(=O)O. The largest absolute Gasteiger partial charge is 0.478 e. The van der Waals surface area contributed by atoms with E-state index >= 15 is 0 Å². The first-order valence-corrected chi connectivity index (χ1v) is 5.80. The molecule has 0 unspecified atom stereocenters. The van der Waals surface area contributed by atoms with Crippen molar-refractivity contribution in [1.82, 2.24) is 4.90 Å². The number of aliphatic hydroxyl groups is 1. The maximum absolute atomic E-state index is 13.0. The van der Waals surface area contributed by atoms with Crippen LogP contribution >= 0.6 is 0 Å². The first-order valence-electron chi connectivity index (χ1n) is 5.80. The van der Waals surface area contributed by atoms with Crippen LogP contribution in [-0.4, -0.2) is 46.8 Å². The fourth-order valence-corrected chi connectivity index (χ4v) is 1.55. The molecule has 1 aromatic rings. The van der Waals surface area contributed by atoms with Gasteiger partial charge in [-0.3, -0.25) is 0 Å². The van der Waals surface area contributed by atoms with Crippen LogP contribution < -0.4 is 5.32 Å². The van der Waals surface area contributed by atoms with Gasteiger partial charge in [-0.15, -0.1) is 6.58 Å². The summed E-state index contributed by atoms with van der Waals surface area (Å²) in [7, 11) is 0. The lowest BCUT2D eigenvalue weighted by molar-refractivity contribution is 0.0697. The van der Waals surface area contributed by atoms with Crippen LogP contribution in [0.25, 0.3) is 0 Å². The standard InChI is InChI=1S/C13H15FN2O4/c1-2-5-16(6-7-17)13(20)15-11-4-3-9(14)8-10(11)12(18)19/h2-4,8,17H,1,5-7H2,(H,15,20)(H,18,19). The Morgan fingerprint density at radius 2 is 2.15 bits per heavy atom. The molecule has 3 N–H and O–H groups in total. The molecule has 0 saturated carbocycles. The zero-order valence-electron chi connectivity index (χ0n) is 10.7. The predicted molar refractivity (Wildman–Crippen MR) is 71.2 cm³/mol. The first-order chi connectivity index (χ1) is 9.49. The second-order valence-electron chi connectivity index (χ2n) is 3.88. The van der Waals surface area contributed by atoms with E-state index in [9.17, 15) is 14.0 Å². The van der Waals surface area contributed by atoms with E-state index in [0.29, 0.717) is 0 Å². The monoisotopic (exact) mass is 282 g/mol. The molecule has 0 spiro atoms. The van der Waals surface area contributed by atoms with Crippen molar-refractivity contribution in [3.63, 3.8) is 0 Å². The Bertz CT molecular complexity index is 519. The Hall–Kier alpha value is -2.41. The average molecular weight is 282 g/mol. The van der Waals surface area contributed by atoms with Gasteiger partial charge in [-0.25, -0.2) is 14.0 Å². The summed E-state index contributed by atoms with van der Waals surface area (Å²) in [5.74, 6) is -2.06. The number of benzene rings is 1. The molecule has 0 saturated heterocycles. The molecule has 0 bridgehead atoms. The third kappa shape index (κ3) is 4.06. The van der Waals surface area contributed by atoms with Gasteiger partial charge in [0, 0.05) is 13.1 Å². The van der Waals surface area contributed by atoms with Gasteiger partial charge in [0.15, 0.2) is 0 Å². The minimum absolute atomic E-state index is 0.0177. The average Bonchev–Trinajstić information content (AvgIpc) is 2.40. The second kappa shape index (κ2) is 7.25. The number of carboxylic acids is 1. The van der Waals surface area contributed by atoms with Crippen molar-refractivity contribution in [1.29, 1.82) is 0 Å². The number of amides is 2. The molecule has 0 radical (unpaired) electrons. The summed E-state index contributed by atoms with van der Waals surface area (Å²) in [6, 6.07) is 2.43. The fraction of sp³-hybridized carbons (Fsp3) is 0.231. The van der Waals surface area contributed by atoms with Crippen LogP contribution in [0.2, 0.25) is 0 Å². The van der Waals surface area contributed by atoms with Crippen LogP contribution in [0.1, 0.15) is 10.4 Å². The molecular formula is C13H15FN2O4. The highest BCUT2D eigenvalue weighted by Crippen LogP contribution is 2.17. The van der Waals surface area contributed by atoms with Crippen LogP contribution in [0.3, 0.4) is 0 Å². The van der Waals surface area contributed by atoms with Crippen molar-refractivity contribution < 1.29 is 24.2 Å². The number of rotatable bonds is 6. The molecule has 0 heterocycles. The maximum atomic E-state index is 13.0. The van der Waals surface area contributed by atoms with Crippen molar-refractivity contribution in [3.8, 4) is 0 Å². The van der Waals surface area contributed by atoms with Crippen molar-refractivity contribution in [2.45, 2.75) is 0 Å². The Balaban J connectivity index is 2.94. The number of nitrogens with zero attached hydrogens (tertiary/aromatic N) is 1. The highest BCUT2D eigenvalue weighted by Gasteiger charge is 2.16. The number of hydrogen-bond donors (Lipinski definition) is 3. The quantitative estimate of drug-likeness (QED) is 0.690. The summed E-state index contributed by atoms with van der Waals surface area (Å²) in [6.07, 6.45) is 1.47. The summed E-state index contributed by atoms with van der Waals surface area (Å²) in [5.41, 5.74) is -0.364. The molecule has 20 heavy (non-hydrogen) atoms. The Morgan fingerprint density at radius 3 is 2.70 bits per heavy atom. The van der Waals surface area contributed by atoms with Crippen molar-refractivity contribution in [2.75, 3.05) is 25.0 Å². The Kier molecular flexibility index (Phi) is 5.67. The summed E-state index contributed by atoms with van der Waals surface area (Å²) in [4.78, 5) is 24.1. The number of carbonyl (C=O) groups is 2. The van der Waals surface area contributed by atoms with E-state index < -0.39 is 17.8 Å². The summed E-state index contributed by atoms with van der Waals surface area (Å²) < 4.78 is 13.0. The number of aromatic carboxylic acids is 1. The van der Waals surface area contributed by atoms with Crippen LogP contribution in [0.5, 0.6) is 0 Å². The van der Waals surface area contributed by atoms with E-state index in [2.05, 4.69) is 11.9 Å². The van der Waals surface area contributed by atoms with Gasteiger partial charge in [-0.2, -0.15) is 0 Å². The van der Waals surface area contributed by atoms with Gasteiger partial charge in [0.1, 0.15) is 5.82 Å². The van der Waals surface area contributed by atoms with Crippen LogP contribution in [0, 0.1) is 5.82 Å². The summed E-state index contributed by atoms with van der Waals surface area (Å²) in [5, 5.41) is 20.2. The lowest BCUT2D eigenvalue weighted by Crippen LogP contribution is -2.37. The Morgan fingerprint density at radius 1 is 1.45 bits per heavy atom. The number of halogens is 1. The summed E-state index contributed by atoms with van der Waals surface area (Å²) >= 11 is 0. The van der Waals surface area contributed by atoms with Crippen molar-refractivity contribution in [3.05, 3.63) is 42.2 Å². The van der Waals surface area contributed by atoms with Gasteiger partial charge in [0.2, 0.25) is 0 Å². The fourth-order valence-electron chi connectivity index (χ4n) is 1.55. The number of urea groups is 1. The topological polar surface area (TPSA) is 89.9 Å². The zero-order valence-corrected chi connectivity index (χ0v) is 10.7. The van der Waals surface area contributed by atoms with E-state index in [1.54, 1.807) is 0 Å². The lowest BCUT2D eigenvalue weighted by atomic mass is 10.1. The minimum atomic E-state index is -1.35. The third-order valence-electron chi connectivity index (χ3n) is 2.46. The molecular weight excluding hydrogens is 267 g/mol. The van der Waals surface area contributed by atoms with E-state index in [1.807, 2.05) is 0 Å². The molecule has 108 valence electrons. The van der Waals surface area contributed by atoms with E-state index in [-0.39, 0.29) is 30.9 Å². The van der Waals surface area contributed by atoms with Crippen molar-refractivity contribution >= 4 is 17.7 Å². The molecule has 0 aliphatic carbocycles. The zero-order chi connectivity index (χ0) is 15.1. The molecule has 0 atom stereocenters. The van der Waals surface area contributed by atoms with Gasteiger partial charge < -0.3 is 20.4 Å². The van der Waals surface area contributed by atoms with E-state index in [1.165, 1.54) is 17.0 Å². The number of nitrogens with one attached hydrogen (secondary N) is 1. The molecule has 0 aliphatic heterocycles.